The van der Waals surface area contributed by atoms with Crippen LogP contribution in [0.25, 0.3) is 0 Å². The minimum Gasteiger partial charge on any atom is -0.463 e. The Morgan fingerprint density at radius 1 is 1.08 bits per heavy atom. The summed E-state index contributed by atoms with van der Waals surface area (Å²) in [5, 5.41) is 0. The molecule has 0 aromatic rings. The molecule has 0 N–H and O–H groups in total. The van der Waals surface area contributed by atoms with Crippen molar-refractivity contribution >= 4 is 5.97 Å². The summed E-state index contributed by atoms with van der Waals surface area (Å²) in [6, 6.07) is 0. The summed E-state index contributed by atoms with van der Waals surface area (Å²) in [6.07, 6.45) is 14.4. The molecule has 4 aliphatic carbocycles. The first kappa shape index (κ1) is 17.6. The Morgan fingerprint density at radius 3 is 2.60 bits per heavy atom. The molecule has 0 unspecified atom stereocenters. The maximum Gasteiger partial charge on any atom is 0.302 e. The molecule has 0 heterocycles. The zero-order valence-electron chi connectivity index (χ0n) is 16.6. The third-order valence-corrected chi connectivity index (χ3v) is 9.15. The first-order valence-corrected chi connectivity index (χ1v) is 10.7. The van der Waals surface area contributed by atoms with Gasteiger partial charge < -0.3 is 4.74 Å². The van der Waals surface area contributed by atoms with E-state index in [0.29, 0.717) is 10.8 Å². The van der Waals surface area contributed by atoms with E-state index in [1.165, 1.54) is 44.9 Å². The summed E-state index contributed by atoms with van der Waals surface area (Å²) < 4.78 is 5.59. The van der Waals surface area contributed by atoms with Crippen molar-refractivity contribution in [3.05, 3.63) is 11.6 Å². The van der Waals surface area contributed by atoms with Crippen molar-refractivity contribution in [3.8, 4) is 0 Å². The van der Waals surface area contributed by atoms with Gasteiger partial charge in [-0.2, -0.15) is 0 Å². The van der Waals surface area contributed by atoms with Gasteiger partial charge in [0.05, 0.1) is 0 Å². The van der Waals surface area contributed by atoms with Gasteiger partial charge in [0.15, 0.2) is 0 Å². The van der Waals surface area contributed by atoms with E-state index in [4.69, 9.17) is 4.74 Å². The summed E-state index contributed by atoms with van der Waals surface area (Å²) in [5.41, 5.74) is 2.73. The van der Waals surface area contributed by atoms with Crippen molar-refractivity contribution < 1.29 is 9.53 Å². The molecule has 0 radical (unpaired) electrons. The van der Waals surface area contributed by atoms with Gasteiger partial charge >= 0.3 is 5.97 Å². The number of ether oxygens (including phenoxy) is 1. The van der Waals surface area contributed by atoms with E-state index < -0.39 is 0 Å². The Labute approximate surface area is 153 Å². The van der Waals surface area contributed by atoms with Crippen molar-refractivity contribution in [1.29, 1.82) is 0 Å². The number of carbonyl (C=O) groups is 1. The highest BCUT2D eigenvalue weighted by molar-refractivity contribution is 5.66. The van der Waals surface area contributed by atoms with E-state index in [2.05, 4.69) is 26.8 Å². The zero-order valence-corrected chi connectivity index (χ0v) is 16.6. The molecule has 0 bridgehead atoms. The largest absolute Gasteiger partial charge is 0.463 e. The molecule has 0 aromatic carbocycles. The molecule has 0 saturated heterocycles. The Balaban J connectivity index is 1.55. The minimum atomic E-state index is -0.0967. The van der Waals surface area contributed by atoms with Crippen LogP contribution in [0.3, 0.4) is 0 Å². The quantitative estimate of drug-likeness (QED) is 0.437. The smallest absolute Gasteiger partial charge is 0.302 e. The van der Waals surface area contributed by atoms with Gasteiger partial charge in [0.25, 0.3) is 0 Å². The van der Waals surface area contributed by atoms with Crippen LogP contribution >= 0.6 is 0 Å². The monoisotopic (exact) mass is 344 g/mol. The molecular formula is C23H36O2. The minimum absolute atomic E-state index is 0.0967. The van der Waals surface area contributed by atoms with Crippen molar-refractivity contribution in [2.75, 3.05) is 0 Å². The first-order valence-electron chi connectivity index (χ1n) is 10.7. The van der Waals surface area contributed by atoms with Gasteiger partial charge in [-0.1, -0.05) is 25.5 Å². The van der Waals surface area contributed by atoms with Crippen molar-refractivity contribution in [1.82, 2.24) is 0 Å². The lowest BCUT2D eigenvalue weighted by Crippen LogP contribution is -2.53. The second kappa shape index (κ2) is 6.13. The SMILES string of the molecule is C/C=C1\CC[C@H]2[C@@H]3CC[C@H]4C[C@@H](OC(C)=O)CC[C@]4(C)[C@H]3CC[C@]12C. The Morgan fingerprint density at radius 2 is 1.88 bits per heavy atom. The number of allylic oxidation sites excluding steroid dienone is 2. The van der Waals surface area contributed by atoms with E-state index in [1.807, 2.05) is 0 Å². The van der Waals surface area contributed by atoms with Gasteiger partial charge in [-0.3, -0.25) is 4.79 Å². The fourth-order valence-corrected chi connectivity index (χ4v) is 7.88. The van der Waals surface area contributed by atoms with Crippen molar-refractivity contribution in [2.45, 2.75) is 91.6 Å². The van der Waals surface area contributed by atoms with Gasteiger partial charge in [-0.05, 0) is 99.2 Å². The maximum atomic E-state index is 11.4. The molecule has 0 spiro atoms. The Kier molecular flexibility index (Phi) is 4.32. The molecule has 2 nitrogen and oxygen atoms in total. The molecule has 0 aliphatic heterocycles. The second-order valence-corrected chi connectivity index (χ2v) is 9.97. The molecule has 4 rings (SSSR count). The van der Waals surface area contributed by atoms with Gasteiger partial charge in [-0.15, -0.1) is 0 Å². The van der Waals surface area contributed by atoms with Crippen LogP contribution in [0.5, 0.6) is 0 Å². The molecule has 0 amide bonds. The number of hydrogen-bond donors (Lipinski definition) is 0. The lowest BCUT2D eigenvalue weighted by Gasteiger charge is -2.60. The molecule has 7 atom stereocenters. The van der Waals surface area contributed by atoms with E-state index in [-0.39, 0.29) is 12.1 Å². The number of carbonyl (C=O) groups excluding carboxylic acids is 1. The zero-order chi connectivity index (χ0) is 17.8. The van der Waals surface area contributed by atoms with Crippen LogP contribution in [0.4, 0.5) is 0 Å². The number of hydrogen-bond acceptors (Lipinski definition) is 2. The van der Waals surface area contributed by atoms with Crippen LogP contribution in [0.15, 0.2) is 11.6 Å². The molecule has 25 heavy (non-hydrogen) atoms. The highest BCUT2D eigenvalue weighted by Crippen LogP contribution is 2.67. The highest BCUT2D eigenvalue weighted by Gasteiger charge is 2.59. The number of fused-ring (bicyclic) bond motifs is 5. The van der Waals surface area contributed by atoms with E-state index in [0.717, 1.165) is 36.5 Å². The van der Waals surface area contributed by atoms with E-state index in [1.54, 1.807) is 12.5 Å². The molecule has 0 aromatic heterocycles. The van der Waals surface area contributed by atoms with Gasteiger partial charge in [-0.25, -0.2) is 0 Å². The van der Waals surface area contributed by atoms with Crippen molar-refractivity contribution in [3.63, 3.8) is 0 Å². The first-order chi connectivity index (χ1) is 11.9. The van der Waals surface area contributed by atoms with Gasteiger partial charge in [0, 0.05) is 6.92 Å². The molecule has 140 valence electrons. The van der Waals surface area contributed by atoms with Crippen LogP contribution in [-0.2, 0) is 9.53 Å². The average Bonchev–Trinajstić information content (AvgIpc) is 2.91. The lowest BCUT2D eigenvalue weighted by atomic mass is 9.45. The average molecular weight is 345 g/mol. The summed E-state index contributed by atoms with van der Waals surface area (Å²) in [5.74, 6) is 3.42. The second-order valence-electron chi connectivity index (χ2n) is 9.97. The topological polar surface area (TPSA) is 26.3 Å². The van der Waals surface area contributed by atoms with E-state index in [9.17, 15) is 4.79 Å². The highest BCUT2D eigenvalue weighted by atomic mass is 16.5. The fourth-order valence-electron chi connectivity index (χ4n) is 7.88. The number of rotatable bonds is 1. The van der Waals surface area contributed by atoms with Gasteiger partial charge in [0.2, 0.25) is 0 Å². The van der Waals surface area contributed by atoms with Crippen LogP contribution < -0.4 is 0 Å². The summed E-state index contributed by atoms with van der Waals surface area (Å²) in [6.45, 7) is 8.98. The van der Waals surface area contributed by atoms with Gasteiger partial charge in [0.1, 0.15) is 6.10 Å². The number of esters is 1. The van der Waals surface area contributed by atoms with Crippen LogP contribution in [0.1, 0.15) is 85.5 Å². The lowest BCUT2D eigenvalue weighted by molar-refractivity contribution is -0.158. The van der Waals surface area contributed by atoms with Crippen LogP contribution in [0, 0.1) is 34.5 Å². The van der Waals surface area contributed by atoms with Crippen molar-refractivity contribution in [2.24, 2.45) is 34.5 Å². The molecule has 2 heteroatoms. The summed E-state index contributed by atoms with van der Waals surface area (Å²) in [4.78, 5) is 11.4. The standard InChI is InChI=1S/C23H36O2/c1-5-16-7-9-20-19-8-6-17-14-18(25-15(2)24)10-12-23(17,4)21(19)11-13-22(16,20)3/h5,17-21H,6-14H2,1-4H3/b16-5+/t17-,18-,19-,20-,21-,22+,23-/m0/s1. The fraction of sp³-hybridized carbons (Fsp3) is 0.870. The summed E-state index contributed by atoms with van der Waals surface area (Å²) in [7, 11) is 0. The predicted molar refractivity (Wildman–Crippen MR) is 101 cm³/mol. The normalized spacial score (nSPS) is 50.7. The molecular weight excluding hydrogens is 308 g/mol. The third-order valence-electron chi connectivity index (χ3n) is 9.15. The van der Waals surface area contributed by atoms with Crippen LogP contribution in [0.2, 0.25) is 0 Å². The van der Waals surface area contributed by atoms with E-state index >= 15 is 0 Å². The van der Waals surface area contributed by atoms with Crippen LogP contribution in [-0.4, -0.2) is 12.1 Å². The predicted octanol–water partition coefficient (Wildman–Crippen LogP) is 5.91. The molecule has 4 saturated carbocycles. The summed E-state index contributed by atoms with van der Waals surface area (Å²) >= 11 is 0. The Hall–Kier alpha value is -0.790. The molecule has 4 aliphatic rings. The third kappa shape index (κ3) is 2.61. The molecule has 4 fully saturated rings. The maximum absolute atomic E-state index is 11.4. The Bertz CT molecular complexity index is 579.